The Labute approximate surface area is 118 Å². The number of nitrogens with one attached hydrogen (secondary N) is 1. The van der Waals surface area contributed by atoms with E-state index in [1.54, 1.807) is 49.0 Å². The second-order valence-corrected chi connectivity index (χ2v) is 5.34. The maximum absolute atomic E-state index is 12.1. The van der Waals surface area contributed by atoms with E-state index in [1.807, 2.05) is 13.2 Å². The largest absolute Gasteiger partial charge is 0.386 e. The highest BCUT2D eigenvalue weighted by molar-refractivity contribution is 5.94. The van der Waals surface area contributed by atoms with Crippen LogP contribution in [-0.4, -0.2) is 20.8 Å². The number of aliphatic hydroxyl groups is 1. The van der Waals surface area contributed by atoms with Crippen molar-refractivity contribution in [2.45, 2.75) is 26.0 Å². The molecule has 0 aliphatic rings. The minimum atomic E-state index is -0.959. The minimum absolute atomic E-state index is 0.167. The van der Waals surface area contributed by atoms with Crippen LogP contribution in [-0.2, 0) is 19.2 Å². The van der Waals surface area contributed by atoms with Gasteiger partial charge in [0.1, 0.15) is 0 Å². The molecule has 0 spiro atoms. The van der Waals surface area contributed by atoms with Gasteiger partial charge in [-0.15, -0.1) is 0 Å². The Bertz CT molecular complexity index is 612. The standard InChI is InChI=1S/C15H19N3O2/c1-15(2,20)13-6-4-5-12(7-13)14(19)16-8-11-9-17-18(3)10-11/h4-7,9-10,20H,8H2,1-3H3,(H,16,19). The normalized spacial score (nSPS) is 11.4. The lowest BCUT2D eigenvalue weighted by atomic mass is 9.96. The average Bonchev–Trinajstić information content (AvgIpc) is 2.81. The van der Waals surface area contributed by atoms with Gasteiger partial charge >= 0.3 is 0 Å². The summed E-state index contributed by atoms with van der Waals surface area (Å²) < 4.78 is 1.69. The lowest BCUT2D eigenvalue weighted by Gasteiger charge is -2.18. The van der Waals surface area contributed by atoms with Crippen molar-refractivity contribution in [1.82, 2.24) is 15.1 Å². The van der Waals surface area contributed by atoms with Crippen molar-refractivity contribution in [1.29, 1.82) is 0 Å². The van der Waals surface area contributed by atoms with E-state index in [-0.39, 0.29) is 5.91 Å². The third kappa shape index (κ3) is 3.45. The van der Waals surface area contributed by atoms with Crippen LogP contribution in [0.3, 0.4) is 0 Å². The molecule has 2 aromatic rings. The second kappa shape index (κ2) is 5.46. The highest BCUT2D eigenvalue weighted by Gasteiger charge is 2.17. The summed E-state index contributed by atoms with van der Waals surface area (Å²) in [6.45, 7) is 3.82. The number of carbonyl (C=O) groups is 1. The third-order valence-corrected chi connectivity index (χ3v) is 3.04. The van der Waals surface area contributed by atoms with Crippen molar-refractivity contribution in [2.75, 3.05) is 0 Å². The average molecular weight is 273 g/mol. The number of carbonyl (C=O) groups excluding carboxylic acids is 1. The van der Waals surface area contributed by atoms with E-state index in [2.05, 4.69) is 10.4 Å². The van der Waals surface area contributed by atoms with Gasteiger partial charge in [-0.2, -0.15) is 5.10 Å². The molecule has 2 N–H and O–H groups in total. The fourth-order valence-electron chi connectivity index (χ4n) is 1.89. The van der Waals surface area contributed by atoms with Crippen molar-refractivity contribution in [3.8, 4) is 0 Å². The van der Waals surface area contributed by atoms with E-state index in [0.717, 1.165) is 5.56 Å². The van der Waals surface area contributed by atoms with Gasteiger partial charge in [0.25, 0.3) is 5.91 Å². The first-order valence-electron chi connectivity index (χ1n) is 6.45. The Morgan fingerprint density at radius 2 is 2.20 bits per heavy atom. The molecule has 0 unspecified atom stereocenters. The number of nitrogens with zero attached hydrogens (tertiary/aromatic N) is 2. The van der Waals surface area contributed by atoms with Gasteiger partial charge in [0.2, 0.25) is 0 Å². The van der Waals surface area contributed by atoms with Crippen molar-refractivity contribution >= 4 is 5.91 Å². The van der Waals surface area contributed by atoms with E-state index in [0.29, 0.717) is 17.7 Å². The lowest BCUT2D eigenvalue weighted by Crippen LogP contribution is -2.23. The van der Waals surface area contributed by atoms with Crippen LogP contribution in [0.1, 0.15) is 35.3 Å². The van der Waals surface area contributed by atoms with E-state index in [1.165, 1.54) is 0 Å². The molecule has 0 atom stereocenters. The molecular weight excluding hydrogens is 254 g/mol. The quantitative estimate of drug-likeness (QED) is 0.888. The Morgan fingerprint density at radius 1 is 1.45 bits per heavy atom. The SMILES string of the molecule is Cn1cc(CNC(=O)c2cccc(C(C)(C)O)c2)cn1. The van der Waals surface area contributed by atoms with E-state index >= 15 is 0 Å². The van der Waals surface area contributed by atoms with Crippen LogP contribution >= 0.6 is 0 Å². The molecule has 0 fully saturated rings. The summed E-state index contributed by atoms with van der Waals surface area (Å²) in [5.74, 6) is -0.167. The first-order chi connectivity index (χ1) is 9.36. The number of hydrogen-bond donors (Lipinski definition) is 2. The van der Waals surface area contributed by atoms with Crippen LogP contribution in [0.15, 0.2) is 36.7 Å². The fourth-order valence-corrected chi connectivity index (χ4v) is 1.89. The van der Waals surface area contributed by atoms with Gasteiger partial charge in [0.05, 0.1) is 11.8 Å². The molecule has 1 aromatic heterocycles. The van der Waals surface area contributed by atoms with Gasteiger partial charge in [0.15, 0.2) is 0 Å². The summed E-state index contributed by atoms with van der Waals surface area (Å²) in [4.78, 5) is 12.1. The molecule has 1 heterocycles. The molecule has 0 saturated heterocycles. The van der Waals surface area contributed by atoms with Crippen LogP contribution < -0.4 is 5.32 Å². The van der Waals surface area contributed by atoms with Gasteiger partial charge in [0, 0.05) is 30.9 Å². The van der Waals surface area contributed by atoms with Crippen LogP contribution in [0.2, 0.25) is 0 Å². The predicted molar refractivity (Wildman–Crippen MR) is 76.1 cm³/mol. The Balaban J connectivity index is 2.06. The van der Waals surface area contributed by atoms with Gasteiger partial charge in [-0.25, -0.2) is 0 Å². The number of aromatic nitrogens is 2. The van der Waals surface area contributed by atoms with E-state index < -0.39 is 5.60 Å². The molecule has 0 aliphatic carbocycles. The molecule has 0 aliphatic heterocycles. The zero-order valence-electron chi connectivity index (χ0n) is 11.9. The number of aryl methyl sites for hydroxylation is 1. The van der Waals surface area contributed by atoms with Crippen molar-refractivity contribution in [2.24, 2.45) is 7.05 Å². The topological polar surface area (TPSA) is 67.2 Å². The van der Waals surface area contributed by atoms with Gasteiger partial charge in [-0.3, -0.25) is 9.48 Å². The number of amides is 1. The van der Waals surface area contributed by atoms with Crippen LogP contribution in [0, 0.1) is 0 Å². The molecule has 0 radical (unpaired) electrons. The van der Waals surface area contributed by atoms with Crippen molar-refractivity contribution in [3.63, 3.8) is 0 Å². The summed E-state index contributed by atoms with van der Waals surface area (Å²) in [5.41, 5.74) is 1.24. The Morgan fingerprint density at radius 3 is 2.80 bits per heavy atom. The maximum atomic E-state index is 12.1. The highest BCUT2D eigenvalue weighted by atomic mass is 16.3. The summed E-state index contributed by atoms with van der Waals surface area (Å²) >= 11 is 0. The maximum Gasteiger partial charge on any atom is 0.251 e. The Hall–Kier alpha value is -2.14. The van der Waals surface area contributed by atoms with Gasteiger partial charge in [-0.1, -0.05) is 12.1 Å². The van der Waals surface area contributed by atoms with Crippen LogP contribution in [0.5, 0.6) is 0 Å². The molecule has 1 amide bonds. The molecule has 20 heavy (non-hydrogen) atoms. The first kappa shape index (κ1) is 14.3. The minimum Gasteiger partial charge on any atom is -0.386 e. The summed E-state index contributed by atoms with van der Waals surface area (Å²) in [6.07, 6.45) is 3.57. The number of rotatable bonds is 4. The summed E-state index contributed by atoms with van der Waals surface area (Å²) in [5, 5.41) is 16.8. The van der Waals surface area contributed by atoms with E-state index in [9.17, 15) is 9.90 Å². The smallest absolute Gasteiger partial charge is 0.251 e. The zero-order chi connectivity index (χ0) is 14.8. The summed E-state index contributed by atoms with van der Waals surface area (Å²) in [7, 11) is 1.83. The molecule has 106 valence electrons. The monoisotopic (exact) mass is 273 g/mol. The predicted octanol–water partition coefficient (Wildman–Crippen LogP) is 1.58. The molecular formula is C15H19N3O2. The Kier molecular flexibility index (Phi) is 3.90. The molecule has 5 nitrogen and oxygen atoms in total. The lowest BCUT2D eigenvalue weighted by molar-refractivity contribution is 0.0784. The van der Waals surface area contributed by atoms with Crippen LogP contribution in [0.4, 0.5) is 0 Å². The highest BCUT2D eigenvalue weighted by Crippen LogP contribution is 2.20. The van der Waals surface area contributed by atoms with E-state index in [4.69, 9.17) is 0 Å². The number of hydrogen-bond acceptors (Lipinski definition) is 3. The van der Waals surface area contributed by atoms with Gasteiger partial charge in [-0.05, 0) is 31.5 Å². The molecule has 2 rings (SSSR count). The fraction of sp³-hybridized carbons (Fsp3) is 0.333. The summed E-state index contributed by atoms with van der Waals surface area (Å²) in [6, 6.07) is 7.01. The van der Waals surface area contributed by atoms with Crippen molar-refractivity contribution in [3.05, 3.63) is 53.3 Å². The van der Waals surface area contributed by atoms with Crippen LogP contribution in [0.25, 0.3) is 0 Å². The molecule has 0 bridgehead atoms. The number of benzene rings is 1. The molecule has 1 aromatic carbocycles. The first-order valence-corrected chi connectivity index (χ1v) is 6.45. The van der Waals surface area contributed by atoms with Gasteiger partial charge < -0.3 is 10.4 Å². The van der Waals surface area contributed by atoms with Crippen molar-refractivity contribution < 1.29 is 9.90 Å². The molecule has 5 heteroatoms. The zero-order valence-corrected chi connectivity index (χ0v) is 11.9. The second-order valence-electron chi connectivity index (χ2n) is 5.34. The molecule has 0 saturated carbocycles. The third-order valence-electron chi connectivity index (χ3n) is 3.04.